The van der Waals surface area contributed by atoms with Gasteiger partial charge >= 0.3 is 0 Å². The molecular formula is C30H35ClN2O4. The molecule has 0 aliphatic heterocycles. The van der Waals surface area contributed by atoms with Gasteiger partial charge < -0.3 is 19.7 Å². The molecule has 2 amide bonds. The second kappa shape index (κ2) is 14.3. The van der Waals surface area contributed by atoms with Crippen LogP contribution in [0.15, 0.2) is 78.9 Å². The van der Waals surface area contributed by atoms with Crippen LogP contribution >= 0.6 is 11.6 Å². The molecule has 196 valence electrons. The first kappa shape index (κ1) is 28.1. The second-order valence-corrected chi connectivity index (χ2v) is 9.58. The summed E-state index contributed by atoms with van der Waals surface area (Å²) in [6.45, 7) is 4.52. The van der Waals surface area contributed by atoms with Crippen LogP contribution in [0.5, 0.6) is 11.5 Å². The molecule has 1 N–H and O–H groups in total. The van der Waals surface area contributed by atoms with Gasteiger partial charge in [0.15, 0.2) is 0 Å². The average molecular weight is 523 g/mol. The Morgan fingerprint density at radius 3 is 2.16 bits per heavy atom. The van der Waals surface area contributed by atoms with Gasteiger partial charge in [0, 0.05) is 30.5 Å². The fourth-order valence-electron chi connectivity index (χ4n) is 3.95. The summed E-state index contributed by atoms with van der Waals surface area (Å²) in [6.07, 6.45) is 1.19. The zero-order valence-corrected chi connectivity index (χ0v) is 22.4. The van der Waals surface area contributed by atoms with Crippen molar-refractivity contribution in [1.82, 2.24) is 10.2 Å². The molecular weight excluding hydrogens is 488 g/mol. The van der Waals surface area contributed by atoms with Crippen LogP contribution < -0.4 is 14.8 Å². The van der Waals surface area contributed by atoms with Crippen LogP contribution in [0, 0.1) is 0 Å². The van der Waals surface area contributed by atoms with Gasteiger partial charge in [-0.2, -0.15) is 0 Å². The lowest BCUT2D eigenvalue weighted by Crippen LogP contribution is -2.51. The summed E-state index contributed by atoms with van der Waals surface area (Å²) in [4.78, 5) is 28.6. The number of ether oxygens (including phenoxy) is 2. The molecule has 0 saturated heterocycles. The Morgan fingerprint density at radius 2 is 1.54 bits per heavy atom. The van der Waals surface area contributed by atoms with Crippen molar-refractivity contribution in [2.45, 2.75) is 51.7 Å². The number of benzene rings is 3. The fourth-order valence-corrected chi connectivity index (χ4v) is 4.08. The Bertz CT molecular complexity index is 1120. The van der Waals surface area contributed by atoms with E-state index in [1.807, 2.05) is 80.6 Å². The average Bonchev–Trinajstić information content (AvgIpc) is 2.90. The lowest BCUT2D eigenvalue weighted by Gasteiger charge is -2.32. The van der Waals surface area contributed by atoms with Crippen LogP contribution in [0.1, 0.15) is 37.8 Å². The molecule has 0 fully saturated rings. The molecule has 0 aliphatic rings. The summed E-state index contributed by atoms with van der Waals surface area (Å²) in [5.74, 6) is 1.19. The normalized spacial score (nSPS) is 11.6. The molecule has 0 aromatic heterocycles. The van der Waals surface area contributed by atoms with Crippen molar-refractivity contribution >= 4 is 23.4 Å². The molecule has 3 aromatic rings. The van der Waals surface area contributed by atoms with E-state index in [2.05, 4.69) is 5.32 Å². The van der Waals surface area contributed by atoms with E-state index in [4.69, 9.17) is 21.1 Å². The highest BCUT2D eigenvalue weighted by Gasteiger charge is 2.30. The maximum absolute atomic E-state index is 13.6. The lowest BCUT2D eigenvalue weighted by molar-refractivity contribution is -0.141. The van der Waals surface area contributed by atoms with Gasteiger partial charge in [-0.25, -0.2) is 0 Å². The summed E-state index contributed by atoms with van der Waals surface area (Å²) < 4.78 is 11.0. The third-order valence-electron chi connectivity index (χ3n) is 5.83. The smallest absolute Gasteiger partial charge is 0.243 e. The number of hydrogen-bond donors (Lipinski definition) is 1. The van der Waals surface area contributed by atoms with E-state index >= 15 is 0 Å². The highest BCUT2D eigenvalue weighted by Crippen LogP contribution is 2.20. The summed E-state index contributed by atoms with van der Waals surface area (Å²) >= 11 is 6.07. The van der Waals surface area contributed by atoms with Gasteiger partial charge in [-0.05, 0) is 67.8 Å². The molecule has 0 aliphatic carbocycles. The minimum atomic E-state index is -0.657. The van der Waals surface area contributed by atoms with Crippen molar-refractivity contribution in [3.63, 3.8) is 0 Å². The number of amides is 2. The summed E-state index contributed by atoms with van der Waals surface area (Å²) in [6, 6.07) is 23.7. The largest absolute Gasteiger partial charge is 0.497 e. The highest BCUT2D eigenvalue weighted by atomic mass is 35.5. The van der Waals surface area contributed by atoms with E-state index in [1.165, 1.54) is 0 Å². The van der Waals surface area contributed by atoms with Crippen molar-refractivity contribution in [2.24, 2.45) is 0 Å². The Morgan fingerprint density at radius 1 is 0.892 bits per heavy atom. The first-order valence-corrected chi connectivity index (χ1v) is 12.9. The third kappa shape index (κ3) is 9.14. The van der Waals surface area contributed by atoms with Crippen molar-refractivity contribution in [2.75, 3.05) is 13.7 Å². The molecule has 0 bridgehead atoms. The number of carbonyl (C=O) groups excluding carboxylic acids is 2. The van der Waals surface area contributed by atoms with Crippen LogP contribution in [0.3, 0.4) is 0 Å². The van der Waals surface area contributed by atoms with E-state index < -0.39 is 6.04 Å². The standard InChI is InChI=1S/C30H35ClN2O4/c1-22(2)32-30(35)28(20-23-8-5-4-6-9-23)33(21-24-11-13-25(31)14-12-24)29(34)10-7-19-37-27-17-15-26(36-3)16-18-27/h4-6,8-9,11-18,22,28H,7,10,19-21H2,1-3H3,(H,32,35)/t28-/m0/s1. The number of halogens is 1. The van der Waals surface area contributed by atoms with Gasteiger partial charge in [0.1, 0.15) is 17.5 Å². The van der Waals surface area contributed by atoms with Gasteiger partial charge in [-0.1, -0.05) is 54.1 Å². The third-order valence-corrected chi connectivity index (χ3v) is 6.08. The Labute approximate surface area is 224 Å². The SMILES string of the molecule is COc1ccc(OCCCC(=O)N(Cc2ccc(Cl)cc2)[C@@H](Cc2ccccc2)C(=O)NC(C)C)cc1. The zero-order valence-electron chi connectivity index (χ0n) is 21.7. The van der Waals surface area contributed by atoms with Crippen LogP contribution in [0.25, 0.3) is 0 Å². The molecule has 0 unspecified atom stereocenters. The van der Waals surface area contributed by atoms with Crippen LogP contribution in [0.2, 0.25) is 5.02 Å². The monoisotopic (exact) mass is 522 g/mol. The number of carbonyl (C=O) groups is 2. The van der Waals surface area contributed by atoms with Crippen molar-refractivity contribution in [1.29, 1.82) is 0 Å². The van der Waals surface area contributed by atoms with Crippen LogP contribution in [0.4, 0.5) is 0 Å². The first-order chi connectivity index (χ1) is 17.9. The minimum Gasteiger partial charge on any atom is -0.497 e. The number of nitrogens with zero attached hydrogens (tertiary/aromatic N) is 1. The number of rotatable bonds is 13. The quantitative estimate of drug-likeness (QED) is 0.294. The second-order valence-electron chi connectivity index (χ2n) is 9.14. The molecule has 0 radical (unpaired) electrons. The van der Waals surface area contributed by atoms with Gasteiger partial charge in [-0.3, -0.25) is 9.59 Å². The van der Waals surface area contributed by atoms with Crippen LogP contribution in [-0.2, 0) is 22.6 Å². The van der Waals surface area contributed by atoms with Gasteiger partial charge in [0.2, 0.25) is 11.8 Å². The molecule has 7 heteroatoms. The van der Waals surface area contributed by atoms with Crippen molar-refractivity contribution in [3.05, 3.63) is 95.0 Å². The Balaban J connectivity index is 1.75. The van der Waals surface area contributed by atoms with E-state index in [0.717, 1.165) is 16.9 Å². The lowest BCUT2D eigenvalue weighted by atomic mass is 10.0. The van der Waals surface area contributed by atoms with Crippen molar-refractivity contribution in [3.8, 4) is 11.5 Å². The minimum absolute atomic E-state index is 0.0452. The molecule has 1 atom stereocenters. The molecule has 0 saturated carbocycles. The van der Waals surface area contributed by atoms with E-state index in [0.29, 0.717) is 36.8 Å². The molecule has 37 heavy (non-hydrogen) atoms. The molecule has 0 heterocycles. The summed E-state index contributed by atoms with van der Waals surface area (Å²) in [5, 5.41) is 3.62. The van der Waals surface area contributed by atoms with Gasteiger partial charge in [-0.15, -0.1) is 0 Å². The molecule has 6 nitrogen and oxygen atoms in total. The predicted octanol–water partition coefficient (Wildman–Crippen LogP) is 5.67. The maximum atomic E-state index is 13.6. The highest BCUT2D eigenvalue weighted by molar-refractivity contribution is 6.30. The molecule has 0 spiro atoms. The topological polar surface area (TPSA) is 67.9 Å². The zero-order chi connectivity index (χ0) is 26.6. The predicted molar refractivity (Wildman–Crippen MR) is 147 cm³/mol. The molecule has 3 aromatic carbocycles. The van der Waals surface area contributed by atoms with E-state index in [-0.39, 0.29) is 24.3 Å². The van der Waals surface area contributed by atoms with Gasteiger partial charge in [0.25, 0.3) is 0 Å². The van der Waals surface area contributed by atoms with E-state index in [9.17, 15) is 9.59 Å². The Hall–Kier alpha value is -3.51. The summed E-state index contributed by atoms with van der Waals surface area (Å²) in [5.41, 5.74) is 1.89. The van der Waals surface area contributed by atoms with Gasteiger partial charge in [0.05, 0.1) is 13.7 Å². The number of hydrogen-bond acceptors (Lipinski definition) is 4. The number of nitrogens with one attached hydrogen (secondary N) is 1. The van der Waals surface area contributed by atoms with Crippen molar-refractivity contribution < 1.29 is 19.1 Å². The summed E-state index contributed by atoms with van der Waals surface area (Å²) in [7, 11) is 1.61. The maximum Gasteiger partial charge on any atom is 0.243 e. The molecule has 3 rings (SSSR count). The number of methoxy groups -OCH3 is 1. The van der Waals surface area contributed by atoms with E-state index in [1.54, 1.807) is 24.1 Å². The fraction of sp³-hybridized carbons (Fsp3) is 0.333. The van der Waals surface area contributed by atoms with Crippen LogP contribution in [-0.4, -0.2) is 42.5 Å². The Kier molecular flexibility index (Phi) is 10.8. The first-order valence-electron chi connectivity index (χ1n) is 12.5.